The third kappa shape index (κ3) is 5.23. The molecule has 2 aliphatic heterocycles. The number of carbonyl (C=O) groups excluding carboxylic acids is 2. The van der Waals surface area contributed by atoms with Crippen LogP contribution >= 0.6 is 15.9 Å². The topological polar surface area (TPSA) is 83.5 Å². The van der Waals surface area contributed by atoms with Crippen LogP contribution in [-0.4, -0.2) is 64.6 Å². The quantitative estimate of drug-likeness (QED) is 0.669. The van der Waals surface area contributed by atoms with Gasteiger partial charge in [0.05, 0.1) is 5.56 Å². The molecule has 1 atom stereocenters. The van der Waals surface area contributed by atoms with Crippen molar-refractivity contribution in [1.82, 2.24) is 15.3 Å². The Labute approximate surface area is 195 Å². The van der Waals surface area contributed by atoms with E-state index in [1.807, 2.05) is 25.7 Å². The maximum absolute atomic E-state index is 14.3. The second-order valence-corrected chi connectivity index (χ2v) is 10.3. The molecule has 8 nitrogen and oxygen atoms in total. The first-order valence-corrected chi connectivity index (χ1v) is 11.7. The van der Waals surface area contributed by atoms with Gasteiger partial charge in [-0.15, -0.1) is 0 Å². The van der Waals surface area contributed by atoms with Gasteiger partial charge in [0.2, 0.25) is 0 Å². The molecule has 1 saturated heterocycles. The van der Waals surface area contributed by atoms with Crippen molar-refractivity contribution in [2.45, 2.75) is 70.4 Å². The van der Waals surface area contributed by atoms with Crippen LogP contribution in [0.25, 0.3) is 0 Å². The number of benzene rings is 1. The van der Waals surface area contributed by atoms with Crippen molar-refractivity contribution < 1.29 is 23.6 Å². The molecule has 0 spiro atoms. The number of ether oxygens (including phenoxy) is 1. The summed E-state index contributed by atoms with van der Waals surface area (Å²) in [4.78, 5) is 38.9. The van der Waals surface area contributed by atoms with Gasteiger partial charge in [-0.25, -0.2) is 24.5 Å². The molecule has 174 valence electrons. The average molecular weight is 511 g/mol. The SMILES string of the molecule is CC(C)(C)OC(=O)N1CCC(N(C(=O)C2N=C(c3ccc(Br)cc3F)NO2)C2CC2)CC1. The van der Waals surface area contributed by atoms with Crippen molar-refractivity contribution in [1.29, 1.82) is 0 Å². The van der Waals surface area contributed by atoms with Crippen LogP contribution in [0.4, 0.5) is 9.18 Å². The highest BCUT2D eigenvalue weighted by Crippen LogP contribution is 2.33. The highest BCUT2D eigenvalue weighted by atomic mass is 79.9. The Bertz CT molecular complexity index is 923. The zero-order valence-corrected chi connectivity index (χ0v) is 20.0. The third-order valence-corrected chi connectivity index (χ3v) is 6.11. The van der Waals surface area contributed by atoms with Crippen molar-refractivity contribution in [2.24, 2.45) is 4.99 Å². The minimum Gasteiger partial charge on any atom is -0.444 e. The standard InChI is InChI=1S/C22H28BrFN4O4/c1-22(2,3)31-21(30)27-10-8-15(9-11-27)28(14-5-6-14)20(29)19-25-18(26-32-19)16-7-4-13(23)12-17(16)24/h4,7,12,14-15,19H,5-6,8-11H2,1-3H3,(H,25,26). The molecule has 1 aromatic carbocycles. The van der Waals surface area contributed by atoms with E-state index in [-0.39, 0.29) is 35.5 Å². The number of aliphatic imine (C=N–C) groups is 1. The summed E-state index contributed by atoms with van der Waals surface area (Å²) in [5.74, 6) is -0.497. The molecular formula is C22H28BrFN4O4. The highest BCUT2D eigenvalue weighted by Gasteiger charge is 2.43. The van der Waals surface area contributed by atoms with Gasteiger partial charge in [0.25, 0.3) is 12.1 Å². The number of hydroxylamine groups is 1. The lowest BCUT2D eigenvalue weighted by molar-refractivity contribution is -0.148. The summed E-state index contributed by atoms with van der Waals surface area (Å²) in [5.41, 5.74) is 2.30. The average Bonchev–Trinajstić information content (AvgIpc) is 3.42. The molecule has 0 radical (unpaired) electrons. The normalized spacial score (nSPS) is 21.7. The van der Waals surface area contributed by atoms with Crippen LogP contribution in [-0.2, 0) is 14.4 Å². The van der Waals surface area contributed by atoms with E-state index < -0.39 is 17.6 Å². The Balaban J connectivity index is 1.41. The largest absolute Gasteiger partial charge is 0.444 e. The van der Waals surface area contributed by atoms with E-state index >= 15 is 0 Å². The maximum atomic E-state index is 14.3. The number of carbonyl (C=O) groups is 2. The van der Waals surface area contributed by atoms with Gasteiger partial charge >= 0.3 is 6.09 Å². The van der Waals surface area contributed by atoms with E-state index in [0.717, 1.165) is 12.8 Å². The Morgan fingerprint density at radius 1 is 1.22 bits per heavy atom. The van der Waals surface area contributed by atoms with Crippen LogP contribution in [0.1, 0.15) is 52.0 Å². The van der Waals surface area contributed by atoms with Gasteiger partial charge < -0.3 is 14.5 Å². The summed E-state index contributed by atoms with van der Waals surface area (Å²) < 4.78 is 20.4. The number of rotatable bonds is 4. The van der Waals surface area contributed by atoms with Gasteiger partial charge in [-0.1, -0.05) is 15.9 Å². The van der Waals surface area contributed by atoms with E-state index in [1.165, 1.54) is 6.07 Å². The molecule has 2 heterocycles. The van der Waals surface area contributed by atoms with Gasteiger partial charge in [0.1, 0.15) is 11.4 Å². The number of halogens is 2. The van der Waals surface area contributed by atoms with Gasteiger partial charge in [0, 0.05) is 29.6 Å². The smallest absolute Gasteiger partial charge is 0.410 e. The fourth-order valence-electron chi connectivity index (χ4n) is 3.98. The molecule has 32 heavy (non-hydrogen) atoms. The first-order chi connectivity index (χ1) is 15.1. The molecule has 1 aliphatic carbocycles. The monoisotopic (exact) mass is 510 g/mol. The molecule has 10 heteroatoms. The number of nitrogens with one attached hydrogen (secondary N) is 1. The predicted octanol–water partition coefficient (Wildman–Crippen LogP) is 3.59. The van der Waals surface area contributed by atoms with Gasteiger partial charge in [-0.3, -0.25) is 4.79 Å². The molecule has 4 rings (SSSR count). The minimum atomic E-state index is -1.06. The Hall–Kier alpha value is -2.20. The number of amides is 2. The molecule has 0 bridgehead atoms. The first-order valence-electron chi connectivity index (χ1n) is 10.9. The Morgan fingerprint density at radius 2 is 1.88 bits per heavy atom. The van der Waals surface area contributed by atoms with Crippen molar-refractivity contribution in [3.05, 3.63) is 34.1 Å². The van der Waals surface area contributed by atoms with E-state index in [2.05, 4.69) is 26.4 Å². The van der Waals surface area contributed by atoms with Crippen LogP contribution in [0.15, 0.2) is 27.7 Å². The molecule has 1 N–H and O–H groups in total. The van der Waals surface area contributed by atoms with Crippen molar-refractivity contribution in [3.8, 4) is 0 Å². The van der Waals surface area contributed by atoms with Crippen molar-refractivity contribution >= 4 is 33.8 Å². The molecule has 2 fully saturated rings. The van der Waals surface area contributed by atoms with Crippen LogP contribution in [0, 0.1) is 5.82 Å². The number of hydrogen-bond donors (Lipinski definition) is 1. The fraction of sp³-hybridized carbons (Fsp3) is 0.591. The van der Waals surface area contributed by atoms with E-state index in [0.29, 0.717) is 30.4 Å². The zero-order valence-electron chi connectivity index (χ0n) is 18.4. The van der Waals surface area contributed by atoms with Crippen LogP contribution in [0.2, 0.25) is 0 Å². The molecule has 3 aliphatic rings. The summed E-state index contributed by atoms with van der Waals surface area (Å²) in [6.45, 7) is 6.58. The van der Waals surface area contributed by atoms with E-state index in [1.54, 1.807) is 17.0 Å². The highest BCUT2D eigenvalue weighted by molar-refractivity contribution is 9.10. The summed E-state index contributed by atoms with van der Waals surface area (Å²) in [6.07, 6.45) is 1.83. The predicted molar refractivity (Wildman–Crippen MR) is 119 cm³/mol. The molecule has 1 saturated carbocycles. The number of hydrogen-bond acceptors (Lipinski definition) is 6. The zero-order chi connectivity index (χ0) is 23.0. The molecule has 1 unspecified atom stereocenters. The van der Waals surface area contributed by atoms with E-state index in [9.17, 15) is 14.0 Å². The lowest BCUT2D eigenvalue weighted by Gasteiger charge is -2.39. The number of nitrogens with zero attached hydrogens (tertiary/aromatic N) is 3. The molecule has 0 aromatic heterocycles. The van der Waals surface area contributed by atoms with Crippen LogP contribution in [0.5, 0.6) is 0 Å². The van der Waals surface area contributed by atoms with Gasteiger partial charge in [-0.05, 0) is 64.7 Å². The van der Waals surface area contributed by atoms with Crippen LogP contribution in [0.3, 0.4) is 0 Å². The van der Waals surface area contributed by atoms with Gasteiger partial charge in [-0.2, -0.15) is 0 Å². The first kappa shape index (κ1) is 23.0. The van der Waals surface area contributed by atoms with E-state index in [4.69, 9.17) is 9.57 Å². The second kappa shape index (κ2) is 8.97. The lowest BCUT2D eigenvalue weighted by atomic mass is 10.0. The minimum absolute atomic E-state index is 0.000883. The second-order valence-electron chi connectivity index (χ2n) is 9.35. The van der Waals surface area contributed by atoms with Gasteiger partial charge in [0.15, 0.2) is 5.84 Å². The van der Waals surface area contributed by atoms with Crippen molar-refractivity contribution in [2.75, 3.05) is 13.1 Å². The number of likely N-dealkylation sites (tertiary alicyclic amines) is 1. The number of amidine groups is 1. The molecule has 2 amide bonds. The summed E-state index contributed by atoms with van der Waals surface area (Å²) in [7, 11) is 0. The summed E-state index contributed by atoms with van der Waals surface area (Å²) in [6, 6.07) is 4.77. The summed E-state index contributed by atoms with van der Waals surface area (Å²) in [5, 5.41) is 0. The lowest BCUT2D eigenvalue weighted by Crippen LogP contribution is -2.52. The third-order valence-electron chi connectivity index (χ3n) is 5.62. The Kier molecular flexibility index (Phi) is 6.44. The summed E-state index contributed by atoms with van der Waals surface area (Å²) >= 11 is 3.23. The maximum Gasteiger partial charge on any atom is 0.410 e. The van der Waals surface area contributed by atoms with Crippen molar-refractivity contribution in [3.63, 3.8) is 0 Å². The molecule has 1 aromatic rings. The molecular weight excluding hydrogens is 483 g/mol. The number of piperidine rings is 1. The van der Waals surface area contributed by atoms with Crippen LogP contribution < -0.4 is 5.48 Å². The Morgan fingerprint density at radius 3 is 2.47 bits per heavy atom. The fourth-order valence-corrected chi connectivity index (χ4v) is 4.32.